The number of aromatic nitrogens is 3. The van der Waals surface area contributed by atoms with E-state index in [9.17, 15) is 19.5 Å². The molecule has 150 valence electrons. The maximum Gasteiger partial charge on any atom is 0.330 e. The monoisotopic (exact) mass is 396 g/mol. The van der Waals surface area contributed by atoms with Gasteiger partial charge in [-0.2, -0.15) is 4.57 Å². The first kappa shape index (κ1) is 19.9. The Morgan fingerprint density at radius 1 is 1.21 bits per heavy atom. The third-order valence-corrected chi connectivity index (χ3v) is 4.45. The lowest BCUT2D eigenvalue weighted by atomic mass is 10.2. The van der Waals surface area contributed by atoms with Gasteiger partial charge in [-0.25, -0.2) is 4.79 Å². The van der Waals surface area contributed by atoms with E-state index in [1.54, 1.807) is 19.2 Å². The van der Waals surface area contributed by atoms with E-state index in [0.717, 1.165) is 5.56 Å². The molecule has 3 aromatic rings. The van der Waals surface area contributed by atoms with Crippen LogP contribution in [0.5, 0.6) is 5.75 Å². The second kappa shape index (κ2) is 8.42. The predicted molar refractivity (Wildman–Crippen MR) is 108 cm³/mol. The third-order valence-electron chi connectivity index (χ3n) is 4.45. The number of rotatable bonds is 6. The second-order valence-corrected chi connectivity index (χ2v) is 6.44. The molecule has 2 heterocycles. The molecule has 1 amide bonds. The molecule has 0 atom stereocenters. The number of carbonyl (C=O) groups excluding carboxylic acids is 1. The number of amides is 1. The number of nitrogens with one attached hydrogen (secondary N) is 1. The van der Waals surface area contributed by atoms with Gasteiger partial charge in [0.1, 0.15) is 5.82 Å². The highest BCUT2D eigenvalue weighted by Gasteiger charge is 2.25. The Morgan fingerprint density at radius 3 is 2.59 bits per heavy atom. The van der Waals surface area contributed by atoms with E-state index in [2.05, 4.69) is 4.98 Å². The zero-order chi connectivity index (χ0) is 21.0. The lowest BCUT2D eigenvalue weighted by Crippen LogP contribution is -2.47. The number of nitrogens with two attached hydrogens (primary N) is 1. The van der Waals surface area contributed by atoms with Crippen LogP contribution in [-0.2, 0) is 17.9 Å². The average Bonchev–Trinajstić information content (AvgIpc) is 2.69. The Bertz CT molecular complexity index is 1140. The number of likely N-dealkylation sites (N-methyl/N-ethyl adjacent to an activating group) is 1. The fourth-order valence-electron chi connectivity index (χ4n) is 3.07. The van der Waals surface area contributed by atoms with Gasteiger partial charge in [0.15, 0.2) is 17.6 Å². The van der Waals surface area contributed by atoms with Crippen LogP contribution in [0.25, 0.3) is 0 Å². The quantitative estimate of drug-likeness (QED) is 0.514. The number of pyridine rings is 1. The van der Waals surface area contributed by atoms with Gasteiger partial charge in [-0.1, -0.05) is 30.3 Å². The maximum absolute atomic E-state index is 12.8. The summed E-state index contributed by atoms with van der Waals surface area (Å²) < 4.78 is 2.72. The molecule has 0 radical (unpaired) electrons. The van der Waals surface area contributed by atoms with E-state index in [0.29, 0.717) is 0 Å². The van der Waals surface area contributed by atoms with Gasteiger partial charge in [-0.05, 0) is 18.6 Å². The van der Waals surface area contributed by atoms with Crippen molar-refractivity contribution in [3.8, 4) is 5.75 Å². The fourth-order valence-corrected chi connectivity index (χ4v) is 3.07. The number of carbonyl (C=O) groups is 1. The zero-order valence-electron chi connectivity index (χ0n) is 15.9. The van der Waals surface area contributed by atoms with Crippen molar-refractivity contribution >= 4 is 17.4 Å². The molecule has 0 aliphatic heterocycles. The van der Waals surface area contributed by atoms with Gasteiger partial charge >= 0.3 is 5.69 Å². The first-order valence-corrected chi connectivity index (χ1v) is 9.05. The summed E-state index contributed by atoms with van der Waals surface area (Å²) >= 11 is 0. The number of hydrogen-bond acceptors (Lipinski definition) is 5. The van der Waals surface area contributed by atoms with Crippen LogP contribution < -0.4 is 26.4 Å². The summed E-state index contributed by atoms with van der Waals surface area (Å²) in [5, 5.41) is 9.58. The first-order chi connectivity index (χ1) is 13.9. The largest absolute Gasteiger partial charge is 0.503 e. The molecule has 0 aliphatic rings. The highest BCUT2D eigenvalue weighted by molar-refractivity contribution is 5.94. The Hall–Kier alpha value is -3.88. The molecule has 9 nitrogen and oxygen atoms in total. The van der Waals surface area contributed by atoms with Crippen LogP contribution in [0.2, 0.25) is 0 Å². The molecule has 0 saturated heterocycles. The van der Waals surface area contributed by atoms with E-state index in [-0.39, 0.29) is 36.9 Å². The summed E-state index contributed by atoms with van der Waals surface area (Å²) in [6, 6.07) is 12.3. The molecule has 1 aromatic carbocycles. The molecule has 0 unspecified atom stereocenters. The molecule has 0 bridgehead atoms. The molecule has 0 saturated carbocycles. The fraction of sp³-hybridized carbons (Fsp3) is 0.200. The van der Waals surface area contributed by atoms with Crippen LogP contribution in [0.1, 0.15) is 12.5 Å². The first-order valence-electron chi connectivity index (χ1n) is 9.05. The van der Waals surface area contributed by atoms with Gasteiger partial charge in [0.05, 0.1) is 6.54 Å². The smallest absolute Gasteiger partial charge is 0.330 e. The molecule has 4 N–H and O–H groups in total. The summed E-state index contributed by atoms with van der Waals surface area (Å²) in [6.07, 6.45) is 3.02. The molecular formula is C20H22N5O4+. The number of anilines is 2. The minimum atomic E-state index is -0.729. The van der Waals surface area contributed by atoms with Crippen molar-refractivity contribution in [2.24, 2.45) is 0 Å². The Balaban J connectivity index is 1.99. The lowest BCUT2D eigenvalue weighted by Gasteiger charge is -2.22. The van der Waals surface area contributed by atoms with Crippen molar-refractivity contribution in [2.75, 3.05) is 17.2 Å². The van der Waals surface area contributed by atoms with Crippen molar-refractivity contribution in [3.05, 3.63) is 81.3 Å². The van der Waals surface area contributed by atoms with E-state index in [1.807, 2.05) is 30.3 Å². The predicted octanol–water partition coefficient (Wildman–Crippen LogP) is 0.213. The van der Waals surface area contributed by atoms with Crippen molar-refractivity contribution in [1.82, 2.24) is 9.55 Å². The van der Waals surface area contributed by atoms with Crippen molar-refractivity contribution < 1.29 is 14.5 Å². The number of nitrogens with zero attached hydrogens (tertiary/aromatic N) is 3. The number of aromatic amines is 1. The van der Waals surface area contributed by atoms with E-state index in [1.165, 1.54) is 26.3 Å². The summed E-state index contributed by atoms with van der Waals surface area (Å²) in [7, 11) is 0. The SMILES string of the molecule is CCN(C(=O)C[n+]1cccc(O)c1)c1c(N)n(Cc2ccccc2)c(=O)[nH]c1=O. The number of H-pyrrole nitrogens is 1. The Morgan fingerprint density at radius 2 is 1.93 bits per heavy atom. The second-order valence-electron chi connectivity index (χ2n) is 6.44. The molecule has 0 spiro atoms. The number of nitrogen functional groups attached to an aromatic ring is 1. The van der Waals surface area contributed by atoms with Gasteiger partial charge in [0.2, 0.25) is 12.7 Å². The third kappa shape index (κ3) is 4.34. The average molecular weight is 396 g/mol. The highest BCUT2D eigenvalue weighted by Crippen LogP contribution is 2.18. The number of hydrogen-bond donors (Lipinski definition) is 3. The maximum atomic E-state index is 12.8. The molecule has 2 aromatic heterocycles. The van der Waals surface area contributed by atoms with Crippen LogP contribution in [0.4, 0.5) is 11.5 Å². The standard InChI is InChI=1S/C20H21N5O4/c1-2-24(16(27)13-23-10-6-9-15(26)12-23)17-18(21)25(20(29)22-19(17)28)11-14-7-4-3-5-8-14/h3-10,12H,2,11,13H2,1H3,(H3-,21,22,26,28,29)/p+1. The van der Waals surface area contributed by atoms with Crippen LogP contribution in [0, 0.1) is 0 Å². The Labute approximate surface area is 166 Å². The molecular weight excluding hydrogens is 374 g/mol. The van der Waals surface area contributed by atoms with E-state index >= 15 is 0 Å². The van der Waals surface area contributed by atoms with Gasteiger partial charge < -0.3 is 10.8 Å². The molecule has 0 aliphatic carbocycles. The summed E-state index contributed by atoms with van der Waals surface area (Å²) in [5.41, 5.74) is 5.54. The topological polar surface area (TPSA) is 125 Å². The van der Waals surface area contributed by atoms with Crippen LogP contribution in [-0.4, -0.2) is 27.1 Å². The van der Waals surface area contributed by atoms with Crippen LogP contribution in [0.3, 0.4) is 0 Å². The summed E-state index contributed by atoms with van der Waals surface area (Å²) in [5.74, 6) is -0.485. The van der Waals surface area contributed by atoms with Gasteiger partial charge in [-0.15, -0.1) is 0 Å². The molecule has 0 fully saturated rings. The van der Waals surface area contributed by atoms with Crippen LogP contribution in [0.15, 0.2) is 64.4 Å². The van der Waals surface area contributed by atoms with Gasteiger partial charge in [-0.3, -0.25) is 24.0 Å². The highest BCUT2D eigenvalue weighted by atomic mass is 16.3. The summed E-state index contributed by atoms with van der Waals surface area (Å²) in [6.45, 7) is 1.92. The van der Waals surface area contributed by atoms with Gasteiger partial charge in [0.25, 0.3) is 11.5 Å². The van der Waals surface area contributed by atoms with Crippen molar-refractivity contribution in [3.63, 3.8) is 0 Å². The van der Waals surface area contributed by atoms with E-state index in [4.69, 9.17) is 5.73 Å². The molecule has 29 heavy (non-hydrogen) atoms. The normalized spacial score (nSPS) is 10.7. The van der Waals surface area contributed by atoms with Gasteiger partial charge in [0, 0.05) is 12.6 Å². The van der Waals surface area contributed by atoms with Crippen molar-refractivity contribution in [2.45, 2.75) is 20.0 Å². The molecule has 3 rings (SSSR count). The zero-order valence-corrected chi connectivity index (χ0v) is 15.9. The van der Waals surface area contributed by atoms with E-state index < -0.39 is 17.2 Å². The minimum absolute atomic E-state index is 0.0112. The molecule has 9 heteroatoms. The lowest BCUT2D eigenvalue weighted by molar-refractivity contribution is -0.684. The number of aromatic hydroxyl groups is 1. The van der Waals surface area contributed by atoms with Crippen LogP contribution >= 0.6 is 0 Å². The van der Waals surface area contributed by atoms with Crippen molar-refractivity contribution in [1.29, 1.82) is 0 Å². The summed E-state index contributed by atoms with van der Waals surface area (Å²) in [4.78, 5) is 41.1. The Kier molecular flexibility index (Phi) is 5.77. The minimum Gasteiger partial charge on any atom is -0.503 e. The number of benzene rings is 1.